The van der Waals surface area contributed by atoms with Gasteiger partial charge in [0.15, 0.2) is 0 Å². The minimum atomic E-state index is -1.08. The topological polar surface area (TPSA) is 40.5 Å². The minimum absolute atomic E-state index is 0.282. The zero-order valence-electron chi connectivity index (χ0n) is 20.1. The van der Waals surface area contributed by atoms with Crippen molar-refractivity contribution in [1.29, 1.82) is 0 Å². The predicted octanol–water partition coefficient (Wildman–Crippen LogP) is 4.93. The third kappa shape index (κ3) is 4.15. The van der Waals surface area contributed by atoms with Gasteiger partial charge in [-0.1, -0.05) is 80.1 Å². The first-order valence-electron chi connectivity index (χ1n) is 11.1. The highest BCUT2D eigenvalue weighted by molar-refractivity contribution is 5.43. The second-order valence-electron chi connectivity index (χ2n) is 11.7. The number of hydrogen-bond acceptors (Lipinski definition) is 2. The second-order valence-corrected chi connectivity index (χ2v) is 11.7. The summed E-state index contributed by atoms with van der Waals surface area (Å²) >= 11 is 0. The summed E-state index contributed by atoms with van der Waals surface area (Å²) in [6.07, 6.45) is 5.97. The van der Waals surface area contributed by atoms with Crippen LogP contribution in [-0.2, 0) is 0 Å². The molecule has 2 fully saturated rings. The monoisotopic (exact) mass is 406 g/mol. The Morgan fingerprint density at radius 1 is 0.433 bits per heavy atom. The molecule has 0 bridgehead atoms. The lowest BCUT2D eigenvalue weighted by Gasteiger charge is -2.53. The van der Waals surface area contributed by atoms with Crippen molar-refractivity contribution in [1.82, 2.24) is 0 Å². The number of rotatable bonds is 0. The van der Waals surface area contributed by atoms with E-state index >= 15 is 0 Å². The van der Waals surface area contributed by atoms with E-state index in [1.165, 1.54) is 0 Å². The smallest absolute Gasteiger partial charge is 0.136 e. The molecule has 2 aliphatic rings. The van der Waals surface area contributed by atoms with Crippen molar-refractivity contribution in [3.8, 4) is 47.4 Å². The maximum Gasteiger partial charge on any atom is 0.136 e. The van der Waals surface area contributed by atoms with Crippen molar-refractivity contribution < 1.29 is 10.2 Å². The van der Waals surface area contributed by atoms with E-state index in [0.29, 0.717) is 0 Å². The summed E-state index contributed by atoms with van der Waals surface area (Å²) in [7, 11) is 0. The fourth-order valence-electron chi connectivity index (χ4n) is 5.55. The Balaban J connectivity index is 2.19. The van der Waals surface area contributed by atoms with Gasteiger partial charge in [-0.15, -0.1) is 0 Å². The number of hydrogen-bond donors (Lipinski definition) is 2. The van der Waals surface area contributed by atoms with Crippen LogP contribution in [0.3, 0.4) is 0 Å². The van der Waals surface area contributed by atoms with Crippen molar-refractivity contribution in [2.75, 3.05) is 0 Å². The zero-order valence-corrected chi connectivity index (χ0v) is 20.1. The van der Waals surface area contributed by atoms with Crippen LogP contribution in [0.5, 0.6) is 0 Å². The van der Waals surface area contributed by atoms with Crippen molar-refractivity contribution in [3.63, 3.8) is 0 Å². The van der Waals surface area contributed by atoms with Gasteiger partial charge in [0.25, 0.3) is 0 Å². The van der Waals surface area contributed by atoms with Crippen molar-refractivity contribution in [3.05, 3.63) is 0 Å². The lowest BCUT2D eigenvalue weighted by molar-refractivity contribution is -0.133. The van der Waals surface area contributed by atoms with Crippen LogP contribution in [-0.4, -0.2) is 21.4 Å². The summed E-state index contributed by atoms with van der Waals surface area (Å²) in [6, 6.07) is 0. The molecule has 0 atom stereocenters. The van der Waals surface area contributed by atoms with E-state index in [9.17, 15) is 10.2 Å². The molecular weight excluding hydrogens is 368 g/mol. The molecular formula is C28H38O2. The van der Waals surface area contributed by atoms with Crippen LogP contribution in [0.1, 0.15) is 93.9 Å². The van der Waals surface area contributed by atoms with Gasteiger partial charge in [-0.25, -0.2) is 0 Å². The molecule has 0 unspecified atom stereocenters. The van der Waals surface area contributed by atoms with Gasteiger partial charge in [0, 0.05) is 21.7 Å². The Kier molecular flexibility index (Phi) is 6.53. The summed E-state index contributed by atoms with van der Waals surface area (Å²) in [6.45, 7) is 16.6. The molecule has 0 amide bonds. The van der Waals surface area contributed by atoms with E-state index in [2.05, 4.69) is 103 Å². The molecule has 2 saturated carbocycles. The highest BCUT2D eigenvalue weighted by Gasteiger charge is 2.56. The summed E-state index contributed by atoms with van der Waals surface area (Å²) in [5.74, 6) is 22.6. The first-order valence-corrected chi connectivity index (χ1v) is 11.1. The van der Waals surface area contributed by atoms with Crippen LogP contribution in [0.4, 0.5) is 0 Å². The van der Waals surface area contributed by atoms with Crippen LogP contribution in [0.25, 0.3) is 0 Å². The molecule has 2 aliphatic carbocycles. The standard InChI is InChI=1S/C28H38O2/c1-23(2)17-15-18-24(3,4)27(23,29)21-13-11-9-10-12-14-22-28(30)25(5,6)19-16-20-26(28,7)8/h29-30H,15-20H2,1-8H3. The summed E-state index contributed by atoms with van der Waals surface area (Å²) in [4.78, 5) is 0. The molecule has 0 saturated heterocycles. The molecule has 162 valence electrons. The van der Waals surface area contributed by atoms with Gasteiger partial charge in [-0.05, 0) is 61.2 Å². The average molecular weight is 407 g/mol. The molecule has 0 spiro atoms. The molecule has 2 N–H and O–H groups in total. The molecule has 0 aromatic carbocycles. The van der Waals surface area contributed by atoms with Crippen molar-refractivity contribution in [2.24, 2.45) is 21.7 Å². The van der Waals surface area contributed by atoms with Gasteiger partial charge >= 0.3 is 0 Å². The van der Waals surface area contributed by atoms with E-state index in [4.69, 9.17) is 0 Å². The molecule has 0 radical (unpaired) electrons. The Morgan fingerprint density at radius 3 is 0.933 bits per heavy atom. The van der Waals surface area contributed by atoms with E-state index in [0.717, 1.165) is 38.5 Å². The van der Waals surface area contributed by atoms with E-state index in [-0.39, 0.29) is 21.7 Å². The Hall–Kier alpha value is -1.84. The van der Waals surface area contributed by atoms with Crippen LogP contribution >= 0.6 is 0 Å². The Morgan fingerprint density at radius 2 is 0.667 bits per heavy atom. The molecule has 2 heteroatoms. The van der Waals surface area contributed by atoms with E-state index < -0.39 is 11.2 Å². The maximum atomic E-state index is 11.3. The van der Waals surface area contributed by atoms with Crippen LogP contribution < -0.4 is 0 Å². The van der Waals surface area contributed by atoms with Gasteiger partial charge in [0.1, 0.15) is 11.2 Å². The molecule has 0 heterocycles. The second kappa shape index (κ2) is 8.01. The van der Waals surface area contributed by atoms with Gasteiger partial charge in [-0.3, -0.25) is 0 Å². The van der Waals surface area contributed by atoms with Crippen molar-refractivity contribution >= 4 is 0 Å². The van der Waals surface area contributed by atoms with Crippen molar-refractivity contribution in [2.45, 2.75) is 105 Å². The fourth-order valence-corrected chi connectivity index (χ4v) is 5.55. The first-order chi connectivity index (χ1) is 13.6. The minimum Gasteiger partial charge on any atom is -0.376 e. The Bertz CT molecular complexity index is 804. The molecule has 2 rings (SSSR count). The lowest BCUT2D eigenvalue weighted by Crippen LogP contribution is -2.57. The highest BCUT2D eigenvalue weighted by atomic mass is 16.3. The first kappa shape index (κ1) is 24.4. The fraction of sp³-hybridized carbons (Fsp3) is 0.714. The third-order valence-corrected chi connectivity index (χ3v) is 7.92. The molecule has 30 heavy (non-hydrogen) atoms. The summed E-state index contributed by atoms with van der Waals surface area (Å²) < 4.78 is 0. The summed E-state index contributed by atoms with van der Waals surface area (Å²) in [5.41, 5.74) is -3.29. The van der Waals surface area contributed by atoms with E-state index in [1.807, 2.05) is 0 Å². The van der Waals surface area contributed by atoms with Gasteiger partial charge < -0.3 is 10.2 Å². The molecule has 0 aromatic rings. The van der Waals surface area contributed by atoms with Crippen LogP contribution in [0.2, 0.25) is 0 Å². The summed E-state index contributed by atoms with van der Waals surface area (Å²) in [5, 5.41) is 22.6. The molecule has 2 nitrogen and oxygen atoms in total. The molecule has 0 aliphatic heterocycles. The average Bonchev–Trinajstić information content (AvgIpc) is 2.60. The SMILES string of the molecule is CC1(C)CCCC(C)(C)C1(O)C#CC#CC#CC#CC1(O)C(C)(C)CCCC1(C)C. The van der Waals surface area contributed by atoms with Gasteiger partial charge in [0.2, 0.25) is 0 Å². The Labute approximate surface area is 184 Å². The van der Waals surface area contributed by atoms with E-state index in [1.54, 1.807) is 0 Å². The van der Waals surface area contributed by atoms with Crippen LogP contribution in [0, 0.1) is 69.0 Å². The van der Waals surface area contributed by atoms with Gasteiger partial charge in [0.05, 0.1) is 0 Å². The predicted molar refractivity (Wildman–Crippen MR) is 124 cm³/mol. The largest absolute Gasteiger partial charge is 0.376 e. The third-order valence-electron chi connectivity index (χ3n) is 7.92. The maximum absolute atomic E-state index is 11.3. The van der Waals surface area contributed by atoms with Gasteiger partial charge in [-0.2, -0.15) is 0 Å². The molecule has 0 aromatic heterocycles. The number of aliphatic hydroxyl groups is 2. The van der Waals surface area contributed by atoms with Crippen LogP contribution in [0.15, 0.2) is 0 Å². The highest BCUT2D eigenvalue weighted by Crippen LogP contribution is 2.54. The quantitative estimate of drug-likeness (QED) is 0.560. The lowest BCUT2D eigenvalue weighted by atomic mass is 9.54. The zero-order chi connectivity index (χ0) is 22.9. The normalized spacial score (nSPS) is 26.1.